The van der Waals surface area contributed by atoms with E-state index in [0.29, 0.717) is 24.6 Å². The summed E-state index contributed by atoms with van der Waals surface area (Å²) >= 11 is 0. The number of anilines is 1. The summed E-state index contributed by atoms with van der Waals surface area (Å²) in [6, 6.07) is 21.2. The van der Waals surface area contributed by atoms with Crippen molar-refractivity contribution in [1.82, 2.24) is 5.32 Å². The molecule has 3 aromatic carbocycles. The van der Waals surface area contributed by atoms with Gasteiger partial charge < -0.3 is 24.8 Å². The van der Waals surface area contributed by atoms with E-state index in [0.717, 1.165) is 28.1 Å². The maximum absolute atomic E-state index is 12.3. The number of aryl methyl sites for hydroxylation is 1. The van der Waals surface area contributed by atoms with Crippen molar-refractivity contribution in [1.29, 1.82) is 0 Å². The molecule has 2 N–H and O–H groups in total. The number of carbonyl (C=O) groups is 1. The lowest BCUT2D eigenvalue weighted by atomic mass is 10.1. The average molecular weight is 421 g/mol. The third-order valence-corrected chi connectivity index (χ3v) is 4.77. The average Bonchev–Trinajstić information content (AvgIpc) is 2.80. The molecule has 31 heavy (non-hydrogen) atoms. The third-order valence-electron chi connectivity index (χ3n) is 4.77. The summed E-state index contributed by atoms with van der Waals surface area (Å²) < 4.78 is 16.5. The highest BCUT2D eigenvalue weighted by Gasteiger charge is 2.13. The molecule has 6 heteroatoms. The quantitative estimate of drug-likeness (QED) is 0.511. The molecule has 0 radical (unpaired) electrons. The molecule has 0 aliphatic carbocycles. The molecule has 6 nitrogen and oxygen atoms in total. The molecular formula is C25H28N2O4. The zero-order valence-electron chi connectivity index (χ0n) is 18.1. The van der Waals surface area contributed by atoms with E-state index < -0.39 is 0 Å². The molecule has 0 atom stereocenters. The predicted octanol–water partition coefficient (Wildman–Crippen LogP) is 4.32. The number of rotatable bonds is 10. The van der Waals surface area contributed by atoms with Gasteiger partial charge in [0.05, 0.1) is 14.2 Å². The van der Waals surface area contributed by atoms with Crippen molar-refractivity contribution in [3.8, 4) is 17.2 Å². The molecule has 0 spiro atoms. The Balaban J connectivity index is 1.59. The van der Waals surface area contributed by atoms with Crippen LogP contribution in [0.3, 0.4) is 0 Å². The number of hydrogen-bond acceptors (Lipinski definition) is 5. The Hall–Kier alpha value is -3.51. The Kier molecular flexibility index (Phi) is 7.90. The highest BCUT2D eigenvalue weighted by atomic mass is 16.5. The van der Waals surface area contributed by atoms with Gasteiger partial charge in [-0.1, -0.05) is 42.0 Å². The lowest BCUT2D eigenvalue weighted by Crippen LogP contribution is -2.21. The van der Waals surface area contributed by atoms with Gasteiger partial charge in [-0.3, -0.25) is 4.79 Å². The van der Waals surface area contributed by atoms with Gasteiger partial charge in [-0.2, -0.15) is 0 Å². The van der Waals surface area contributed by atoms with E-state index in [1.807, 2.05) is 73.7 Å². The zero-order chi connectivity index (χ0) is 22.1. The van der Waals surface area contributed by atoms with Crippen molar-refractivity contribution in [2.75, 3.05) is 26.1 Å². The summed E-state index contributed by atoms with van der Waals surface area (Å²) in [6.45, 7) is 3.15. The maximum Gasteiger partial charge on any atom is 0.262 e. The smallest absolute Gasteiger partial charge is 0.262 e. The predicted molar refractivity (Wildman–Crippen MR) is 122 cm³/mol. The lowest BCUT2D eigenvalue weighted by molar-refractivity contribution is -0.118. The fraction of sp³-hybridized carbons (Fsp3) is 0.240. The third kappa shape index (κ3) is 6.49. The fourth-order valence-corrected chi connectivity index (χ4v) is 3.08. The maximum atomic E-state index is 12.3. The van der Waals surface area contributed by atoms with Gasteiger partial charge in [-0.15, -0.1) is 0 Å². The minimum absolute atomic E-state index is 0.111. The molecule has 0 aliphatic rings. The van der Waals surface area contributed by atoms with Gasteiger partial charge in [0.15, 0.2) is 18.1 Å². The summed E-state index contributed by atoms with van der Waals surface area (Å²) in [5.41, 5.74) is 3.93. The molecule has 0 saturated heterocycles. The van der Waals surface area contributed by atoms with Crippen molar-refractivity contribution in [2.24, 2.45) is 0 Å². The Morgan fingerprint density at radius 1 is 0.871 bits per heavy atom. The first-order valence-electron chi connectivity index (χ1n) is 10.1. The summed E-state index contributed by atoms with van der Waals surface area (Å²) in [5, 5.41) is 6.24. The van der Waals surface area contributed by atoms with Gasteiger partial charge in [0, 0.05) is 24.3 Å². The van der Waals surface area contributed by atoms with Gasteiger partial charge in [0.25, 0.3) is 5.91 Å². The van der Waals surface area contributed by atoms with Crippen LogP contribution in [0.4, 0.5) is 5.69 Å². The van der Waals surface area contributed by atoms with E-state index in [1.54, 1.807) is 14.2 Å². The van der Waals surface area contributed by atoms with Crippen LogP contribution < -0.4 is 24.8 Å². The number of nitrogens with one attached hydrogen (secondary N) is 2. The number of benzene rings is 3. The summed E-state index contributed by atoms with van der Waals surface area (Å²) in [5.74, 6) is 1.75. The Morgan fingerprint density at radius 2 is 1.61 bits per heavy atom. The van der Waals surface area contributed by atoms with Gasteiger partial charge >= 0.3 is 0 Å². The Morgan fingerprint density at radius 3 is 2.29 bits per heavy atom. The summed E-state index contributed by atoms with van der Waals surface area (Å²) in [4.78, 5) is 12.3. The second-order valence-corrected chi connectivity index (χ2v) is 7.10. The van der Waals surface area contributed by atoms with Crippen LogP contribution in [0.1, 0.15) is 16.7 Å². The van der Waals surface area contributed by atoms with Crippen molar-refractivity contribution >= 4 is 11.6 Å². The van der Waals surface area contributed by atoms with Gasteiger partial charge in [-0.05, 0) is 42.8 Å². The molecule has 0 fully saturated rings. The number of carbonyl (C=O) groups excluding carboxylic acids is 1. The molecule has 0 bridgehead atoms. The zero-order valence-corrected chi connectivity index (χ0v) is 18.1. The van der Waals surface area contributed by atoms with E-state index in [-0.39, 0.29) is 12.5 Å². The molecule has 3 rings (SSSR count). The lowest BCUT2D eigenvalue weighted by Gasteiger charge is -2.16. The highest BCUT2D eigenvalue weighted by molar-refractivity contribution is 5.91. The molecule has 0 unspecified atom stereocenters. The molecule has 162 valence electrons. The first-order valence-corrected chi connectivity index (χ1v) is 10.1. The molecule has 1 amide bonds. The van der Waals surface area contributed by atoms with Crippen LogP contribution in [0.25, 0.3) is 0 Å². The van der Waals surface area contributed by atoms with Crippen LogP contribution in [0.5, 0.6) is 17.2 Å². The summed E-state index contributed by atoms with van der Waals surface area (Å²) in [7, 11) is 3.24. The van der Waals surface area contributed by atoms with Crippen LogP contribution in [-0.4, -0.2) is 26.7 Å². The minimum Gasteiger partial charge on any atom is -0.497 e. The van der Waals surface area contributed by atoms with Crippen LogP contribution in [0.2, 0.25) is 0 Å². The van der Waals surface area contributed by atoms with Crippen LogP contribution in [0.15, 0.2) is 66.7 Å². The minimum atomic E-state index is -0.230. The molecule has 0 heterocycles. The van der Waals surface area contributed by atoms with Crippen molar-refractivity contribution < 1.29 is 19.0 Å². The Bertz CT molecular complexity index is 985. The van der Waals surface area contributed by atoms with Gasteiger partial charge in [0.1, 0.15) is 5.75 Å². The van der Waals surface area contributed by atoms with Crippen molar-refractivity contribution in [2.45, 2.75) is 20.0 Å². The SMILES string of the molecule is COc1ccc(CNCc2cccc(OC)c2OCC(=O)Nc2ccc(C)cc2)cc1. The highest BCUT2D eigenvalue weighted by Crippen LogP contribution is 2.31. The second-order valence-electron chi connectivity index (χ2n) is 7.10. The Labute approximate surface area is 183 Å². The fourth-order valence-electron chi connectivity index (χ4n) is 3.08. The topological polar surface area (TPSA) is 68.8 Å². The van der Waals surface area contributed by atoms with E-state index >= 15 is 0 Å². The number of amides is 1. The first-order chi connectivity index (χ1) is 15.1. The monoisotopic (exact) mass is 420 g/mol. The van der Waals surface area contributed by atoms with Crippen LogP contribution in [0, 0.1) is 6.92 Å². The molecule has 0 saturated carbocycles. The largest absolute Gasteiger partial charge is 0.497 e. The van der Waals surface area contributed by atoms with E-state index in [4.69, 9.17) is 14.2 Å². The van der Waals surface area contributed by atoms with Crippen molar-refractivity contribution in [3.05, 3.63) is 83.4 Å². The van der Waals surface area contributed by atoms with E-state index in [2.05, 4.69) is 10.6 Å². The number of ether oxygens (including phenoxy) is 3. The molecule has 3 aromatic rings. The van der Waals surface area contributed by atoms with Crippen molar-refractivity contribution in [3.63, 3.8) is 0 Å². The number of para-hydroxylation sites is 1. The first kappa shape index (κ1) is 22.2. The van der Waals surface area contributed by atoms with Gasteiger partial charge in [-0.25, -0.2) is 0 Å². The molecule has 0 aliphatic heterocycles. The van der Waals surface area contributed by atoms with Crippen LogP contribution in [-0.2, 0) is 17.9 Å². The summed E-state index contributed by atoms with van der Waals surface area (Å²) in [6.07, 6.45) is 0. The molecular weight excluding hydrogens is 392 g/mol. The van der Waals surface area contributed by atoms with Gasteiger partial charge in [0.2, 0.25) is 0 Å². The standard InChI is InChI=1S/C25H28N2O4/c1-18-7-11-21(12-8-18)27-24(28)17-31-25-20(5-4-6-23(25)30-3)16-26-15-19-9-13-22(29-2)14-10-19/h4-14,26H,15-17H2,1-3H3,(H,27,28). The van der Waals surface area contributed by atoms with E-state index in [9.17, 15) is 4.79 Å². The van der Waals surface area contributed by atoms with Crippen LogP contribution >= 0.6 is 0 Å². The normalized spacial score (nSPS) is 10.4. The number of methoxy groups -OCH3 is 2. The second kappa shape index (κ2) is 11.0. The molecule has 0 aromatic heterocycles. The van der Waals surface area contributed by atoms with E-state index in [1.165, 1.54) is 0 Å². The number of hydrogen-bond donors (Lipinski definition) is 2.